The molecule has 0 aromatic rings. The van der Waals surface area contributed by atoms with E-state index in [2.05, 4.69) is 13.8 Å². The predicted octanol–water partition coefficient (Wildman–Crippen LogP) is 1.61. The van der Waals surface area contributed by atoms with Gasteiger partial charge in [0.05, 0.1) is 45.7 Å². The summed E-state index contributed by atoms with van der Waals surface area (Å²) in [5, 5.41) is 8.46. The summed E-state index contributed by atoms with van der Waals surface area (Å²) in [5.41, 5.74) is 0. The van der Waals surface area contributed by atoms with E-state index >= 15 is 0 Å². The van der Waals surface area contributed by atoms with Gasteiger partial charge in [-0.25, -0.2) is 0 Å². The lowest BCUT2D eigenvalue weighted by molar-refractivity contribution is -0.0175. The van der Waals surface area contributed by atoms with Crippen LogP contribution in [0.1, 0.15) is 33.1 Å². The fourth-order valence-electron chi connectivity index (χ4n) is 1.39. The Morgan fingerprint density at radius 2 is 1.56 bits per heavy atom. The van der Waals surface area contributed by atoms with Crippen molar-refractivity contribution in [2.45, 2.75) is 39.2 Å². The second kappa shape index (κ2) is 12.9. The lowest BCUT2D eigenvalue weighted by Crippen LogP contribution is -2.16. The standard InChI is InChI=1S/C12H26O4/c1-3-5-12(4-2)16-11-10-15-9-8-14-7-6-13/h12-13H,3-11H2,1-2H3. The van der Waals surface area contributed by atoms with Crippen molar-refractivity contribution in [1.29, 1.82) is 0 Å². The molecule has 98 valence electrons. The maximum atomic E-state index is 8.46. The summed E-state index contributed by atoms with van der Waals surface area (Å²) in [7, 11) is 0. The highest BCUT2D eigenvalue weighted by Crippen LogP contribution is 2.05. The Bertz CT molecular complexity index is 130. The molecule has 1 atom stereocenters. The SMILES string of the molecule is CCCC(CC)OCCOCCOCCO. The van der Waals surface area contributed by atoms with Crippen LogP contribution in [-0.4, -0.2) is 50.9 Å². The number of aliphatic hydroxyl groups excluding tert-OH is 1. The van der Waals surface area contributed by atoms with Crippen molar-refractivity contribution >= 4 is 0 Å². The van der Waals surface area contributed by atoms with Gasteiger partial charge in [-0.15, -0.1) is 0 Å². The average molecular weight is 234 g/mol. The number of rotatable bonds is 12. The molecule has 0 spiro atoms. The summed E-state index contributed by atoms with van der Waals surface area (Å²) in [6, 6.07) is 0. The molecule has 0 aromatic carbocycles. The van der Waals surface area contributed by atoms with Crippen LogP contribution >= 0.6 is 0 Å². The molecule has 0 radical (unpaired) electrons. The Balaban J connectivity index is 3.12. The van der Waals surface area contributed by atoms with Crippen LogP contribution in [0.3, 0.4) is 0 Å². The summed E-state index contributed by atoms with van der Waals surface area (Å²) in [5.74, 6) is 0. The van der Waals surface area contributed by atoms with Crippen molar-refractivity contribution in [2.24, 2.45) is 0 Å². The second-order valence-corrected chi connectivity index (χ2v) is 3.64. The van der Waals surface area contributed by atoms with E-state index in [1.54, 1.807) is 0 Å². The largest absolute Gasteiger partial charge is 0.394 e. The van der Waals surface area contributed by atoms with E-state index in [-0.39, 0.29) is 6.61 Å². The normalized spacial score (nSPS) is 12.9. The van der Waals surface area contributed by atoms with Crippen LogP contribution in [-0.2, 0) is 14.2 Å². The Hall–Kier alpha value is -0.160. The van der Waals surface area contributed by atoms with Gasteiger partial charge in [0.15, 0.2) is 0 Å². The monoisotopic (exact) mass is 234 g/mol. The maximum absolute atomic E-state index is 8.46. The van der Waals surface area contributed by atoms with Gasteiger partial charge in [-0.05, 0) is 12.8 Å². The van der Waals surface area contributed by atoms with Gasteiger partial charge in [0, 0.05) is 0 Å². The molecular weight excluding hydrogens is 208 g/mol. The van der Waals surface area contributed by atoms with Gasteiger partial charge in [0.25, 0.3) is 0 Å². The zero-order valence-corrected chi connectivity index (χ0v) is 10.6. The van der Waals surface area contributed by atoms with Crippen molar-refractivity contribution in [1.82, 2.24) is 0 Å². The number of hydrogen-bond acceptors (Lipinski definition) is 4. The molecule has 0 saturated carbocycles. The highest BCUT2D eigenvalue weighted by Gasteiger charge is 2.03. The third kappa shape index (κ3) is 10.4. The molecule has 0 aliphatic carbocycles. The Kier molecular flexibility index (Phi) is 12.8. The first-order valence-electron chi connectivity index (χ1n) is 6.23. The van der Waals surface area contributed by atoms with Crippen LogP contribution in [0.4, 0.5) is 0 Å². The summed E-state index contributed by atoms with van der Waals surface area (Å²) in [4.78, 5) is 0. The minimum absolute atomic E-state index is 0.0678. The first kappa shape index (κ1) is 15.8. The molecule has 1 unspecified atom stereocenters. The predicted molar refractivity (Wildman–Crippen MR) is 63.7 cm³/mol. The number of aliphatic hydroxyl groups is 1. The van der Waals surface area contributed by atoms with E-state index in [4.69, 9.17) is 19.3 Å². The van der Waals surface area contributed by atoms with Crippen LogP contribution in [0, 0.1) is 0 Å². The highest BCUT2D eigenvalue weighted by molar-refractivity contribution is 4.53. The third-order valence-electron chi connectivity index (χ3n) is 2.25. The molecule has 0 rings (SSSR count). The molecule has 0 aliphatic rings. The topological polar surface area (TPSA) is 47.9 Å². The number of ether oxygens (including phenoxy) is 3. The summed E-state index contributed by atoms with van der Waals surface area (Å²) >= 11 is 0. The van der Waals surface area contributed by atoms with Crippen LogP contribution in [0.15, 0.2) is 0 Å². The van der Waals surface area contributed by atoms with Crippen LogP contribution < -0.4 is 0 Å². The van der Waals surface area contributed by atoms with Crippen molar-refractivity contribution in [3.05, 3.63) is 0 Å². The molecular formula is C12H26O4. The van der Waals surface area contributed by atoms with Gasteiger partial charge in [0.1, 0.15) is 0 Å². The summed E-state index contributed by atoms with van der Waals surface area (Å²) < 4.78 is 16.0. The third-order valence-corrected chi connectivity index (χ3v) is 2.25. The van der Waals surface area contributed by atoms with Gasteiger partial charge in [-0.2, -0.15) is 0 Å². The maximum Gasteiger partial charge on any atom is 0.0704 e. The lowest BCUT2D eigenvalue weighted by atomic mass is 10.2. The van der Waals surface area contributed by atoms with E-state index in [0.29, 0.717) is 39.1 Å². The Labute approximate surface area is 98.9 Å². The van der Waals surface area contributed by atoms with E-state index in [1.165, 1.54) is 0 Å². The molecule has 0 heterocycles. The zero-order valence-electron chi connectivity index (χ0n) is 10.6. The smallest absolute Gasteiger partial charge is 0.0704 e. The van der Waals surface area contributed by atoms with Crippen LogP contribution in [0.25, 0.3) is 0 Å². The Morgan fingerprint density at radius 1 is 0.938 bits per heavy atom. The fourth-order valence-corrected chi connectivity index (χ4v) is 1.39. The van der Waals surface area contributed by atoms with E-state index < -0.39 is 0 Å². The first-order valence-corrected chi connectivity index (χ1v) is 6.23. The van der Waals surface area contributed by atoms with E-state index in [1.807, 2.05) is 0 Å². The molecule has 0 bridgehead atoms. The minimum atomic E-state index is 0.0678. The molecule has 0 aliphatic heterocycles. The average Bonchev–Trinajstić information content (AvgIpc) is 2.31. The lowest BCUT2D eigenvalue weighted by Gasteiger charge is -2.15. The Morgan fingerprint density at radius 3 is 2.12 bits per heavy atom. The van der Waals surface area contributed by atoms with E-state index in [9.17, 15) is 0 Å². The van der Waals surface area contributed by atoms with Gasteiger partial charge < -0.3 is 19.3 Å². The molecule has 0 fully saturated rings. The van der Waals surface area contributed by atoms with Crippen molar-refractivity contribution in [3.8, 4) is 0 Å². The minimum Gasteiger partial charge on any atom is -0.394 e. The molecule has 0 aromatic heterocycles. The van der Waals surface area contributed by atoms with Crippen molar-refractivity contribution < 1.29 is 19.3 Å². The highest BCUT2D eigenvalue weighted by atomic mass is 16.5. The van der Waals surface area contributed by atoms with Crippen molar-refractivity contribution in [3.63, 3.8) is 0 Å². The van der Waals surface area contributed by atoms with Crippen molar-refractivity contribution in [2.75, 3.05) is 39.6 Å². The second-order valence-electron chi connectivity index (χ2n) is 3.64. The van der Waals surface area contributed by atoms with E-state index in [0.717, 1.165) is 19.3 Å². The van der Waals surface area contributed by atoms with Gasteiger partial charge in [-0.3, -0.25) is 0 Å². The van der Waals surface area contributed by atoms with Gasteiger partial charge in [0.2, 0.25) is 0 Å². The van der Waals surface area contributed by atoms with Gasteiger partial charge >= 0.3 is 0 Å². The first-order chi connectivity index (χ1) is 7.85. The van der Waals surface area contributed by atoms with Crippen LogP contribution in [0.5, 0.6) is 0 Å². The molecule has 4 heteroatoms. The van der Waals surface area contributed by atoms with Crippen LogP contribution in [0.2, 0.25) is 0 Å². The molecule has 16 heavy (non-hydrogen) atoms. The fraction of sp³-hybridized carbons (Fsp3) is 1.00. The summed E-state index contributed by atoms with van der Waals surface area (Å²) in [6.45, 7) is 7.12. The molecule has 0 amide bonds. The molecule has 4 nitrogen and oxygen atoms in total. The van der Waals surface area contributed by atoms with Gasteiger partial charge in [-0.1, -0.05) is 20.3 Å². The zero-order chi connectivity index (χ0) is 12.1. The summed E-state index contributed by atoms with van der Waals surface area (Å²) in [6.07, 6.45) is 3.72. The quantitative estimate of drug-likeness (QED) is 0.521. The number of hydrogen-bond donors (Lipinski definition) is 1. The molecule has 1 N–H and O–H groups in total. The molecule has 0 saturated heterocycles.